The summed E-state index contributed by atoms with van der Waals surface area (Å²) in [6.07, 6.45) is 0.828. The van der Waals surface area contributed by atoms with Crippen LogP contribution in [0.5, 0.6) is 0 Å². The SMILES string of the molecule is CC(C)OCCN(C)C1(CN)CCS(=O)(=O)C1. The predicted octanol–water partition coefficient (Wildman–Crippen LogP) is -0.141. The Balaban J connectivity index is 2.56. The van der Waals surface area contributed by atoms with E-state index >= 15 is 0 Å². The van der Waals surface area contributed by atoms with Crippen LogP contribution in [0.3, 0.4) is 0 Å². The van der Waals surface area contributed by atoms with Crippen molar-refractivity contribution in [3.63, 3.8) is 0 Å². The quantitative estimate of drug-likeness (QED) is 0.723. The van der Waals surface area contributed by atoms with E-state index in [9.17, 15) is 8.42 Å². The van der Waals surface area contributed by atoms with Crippen LogP contribution in [0.4, 0.5) is 0 Å². The first-order valence-corrected chi connectivity index (χ1v) is 7.87. The Kier molecular flexibility index (Phi) is 4.95. The first kappa shape index (κ1) is 14.9. The number of hydrogen-bond acceptors (Lipinski definition) is 5. The molecule has 0 amide bonds. The molecule has 0 aromatic carbocycles. The third-order valence-electron chi connectivity index (χ3n) is 3.43. The number of nitrogens with two attached hydrogens (primary N) is 1. The summed E-state index contributed by atoms with van der Waals surface area (Å²) < 4.78 is 28.6. The number of sulfone groups is 1. The van der Waals surface area contributed by atoms with E-state index in [1.165, 1.54) is 0 Å². The fourth-order valence-electron chi connectivity index (χ4n) is 2.18. The molecule has 1 atom stereocenters. The van der Waals surface area contributed by atoms with Crippen LogP contribution in [0.15, 0.2) is 0 Å². The number of nitrogens with zero attached hydrogens (tertiary/aromatic N) is 1. The highest BCUT2D eigenvalue weighted by atomic mass is 32.2. The third-order valence-corrected chi connectivity index (χ3v) is 5.24. The standard InChI is InChI=1S/C11H24N2O3S/c1-10(2)16-6-5-13(3)11(8-12)4-7-17(14,15)9-11/h10H,4-9,12H2,1-3H3. The van der Waals surface area contributed by atoms with Crippen molar-refractivity contribution in [2.75, 3.05) is 38.2 Å². The molecule has 5 nitrogen and oxygen atoms in total. The Labute approximate surface area is 104 Å². The van der Waals surface area contributed by atoms with Crippen LogP contribution in [0.25, 0.3) is 0 Å². The van der Waals surface area contributed by atoms with Gasteiger partial charge in [0.1, 0.15) is 0 Å². The van der Waals surface area contributed by atoms with Gasteiger partial charge in [-0.3, -0.25) is 4.90 Å². The summed E-state index contributed by atoms with van der Waals surface area (Å²) in [7, 11) is -0.987. The van der Waals surface area contributed by atoms with Crippen LogP contribution in [0.2, 0.25) is 0 Å². The first-order chi connectivity index (χ1) is 7.81. The van der Waals surface area contributed by atoms with Gasteiger partial charge in [-0.2, -0.15) is 0 Å². The molecule has 0 bridgehead atoms. The lowest BCUT2D eigenvalue weighted by Crippen LogP contribution is -2.54. The second-order valence-electron chi connectivity index (χ2n) is 5.11. The molecule has 6 heteroatoms. The largest absolute Gasteiger partial charge is 0.377 e. The zero-order chi connectivity index (χ0) is 13.1. The summed E-state index contributed by atoms with van der Waals surface area (Å²) >= 11 is 0. The molecule has 0 saturated carbocycles. The highest BCUT2D eigenvalue weighted by Crippen LogP contribution is 2.27. The van der Waals surface area contributed by atoms with Gasteiger partial charge in [0.05, 0.1) is 24.2 Å². The monoisotopic (exact) mass is 264 g/mol. The minimum atomic E-state index is -2.91. The van der Waals surface area contributed by atoms with Crippen LogP contribution in [-0.4, -0.2) is 63.2 Å². The molecule has 1 aliphatic heterocycles. The molecule has 1 fully saturated rings. The van der Waals surface area contributed by atoms with Gasteiger partial charge in [-0.1, -0.05) is 0 Å². The number of likely N-dealkylation sites (N-methyl/N-ethyl adjacent to an activating group) is 1. The van der Waals surface area contributed by atoms with E-state index in [0.29, 0.717) is 26.1 Å². The molecule has 1 unspecified atom stereocenters. The average molecular weight is 264 g/mol. The van der Waals surface area contributed by atoms with E-state index in [1.807, 2.05) is 25.8 Å². The second kappa shape index (κ2) is 5.65. The summed E-state index contributed by atoms with van der Waals surface area (Å²) in [6, 6.07) is 0. The second-order valence-corrected chi connectivity index (χ2v) is 7.30. The Morgan fingerprint density at radius 1 is 1.47 bits per heavy atom. The minimum absolute atomic E-state index is 0.175. The number of hydrogen-bond donors (Lipinski definition) is 1. The zero-order valence-electron chi connectivity index (χ0n) is 11.0. The molecule has 102 valence electrons. The molecule has 17 heavy (non-hydrogen) atoms. The normalized spacial score (nSPS) is 28.1. The molecule has 1 heterocycles. The van der Waals surface area contributed by atoms with Crippen molar-refractivity contribution in [2.24, 2.45) is 5.73 Å². The molecule has 1 rings (SSSR count). The topological polar surface area (TPSA) is 72.6 Å². The van der Waals surface area contributed by atoms with Crippen molar-refractivity contribution < 1.29 is 13.2 Å². The molecule has 2 N–H and O–H groups in total. The van der Waals surface area contributed by atoms with Gasteiger partial charge >= 0.3 is 0 Å². The highest BCUT2D eigenvalue weighted by Gasteiger charge is 2.43. The van der Waals surface area contributed by atoms with Gasteiger partial charge in [0.15, 0.2) is 9.84 Å². The van der Waals surface area contributed by atoms with E-state index in [2.05, 4.69) is 0 Å². The van der Waals surface area contributed by atoms with Crippen molar-refractivity contribution in [3.8, 4) is 0 Å². The van der Waals surface area contributed by atoms with Gasteiger partial charge < -0.3 is 10.5 Å². The molecule has 0 aliphatic carbocycles. The van der Waals surface area contributed by atoms with Gasteiger partial charge in [-0.25, -0.2) is 8.42 Å². The maximum atomic E-state index is 11.6. The van der Waals surface area contributed by atoms with E-state index in [0.717, 1.165) is 0 Å². The fraction of sp³-hybridized carbons (Fsp3) is 1.00. The van der Waals surface area contributed by atoms with Gasteiger partial charge in [-0.05, 0) is 27.3 Å². The summed E-state index contributed by atoms with van der Waals surface area (Å²) in [5.74, 6) is 0.425. The Bertz CT molecular complexity index is 343. The van der Waals surface area contributed by atoms with E-state index in [-0.39, 0.29) is 23.1 Å². The lowest BCUT2D eigenvalue weighted by atomic mass is 9.97. The van der Waals surface area contributed by atoms with Gasteiger partial charge in [0.25, 0.3) is 0 Å². The summed E-state index contributed by atoms with van der Waals surface area (Å²) in [6.45, 7) is 5.67. The highest BCUT2D eigenvalue weighted by molar-refractivity contribution is 7.91. The summed E-state index contributed by atoms with van der Waals surface area (Å²) in [5, 5.41) is 0. The van der Waals surface area contributed by atoms with Crippen LogP contribution >= 0.6 is 0 Å². The molecule has 1 aliphatic rings. The Morgan fingerprint density at radius 2 is 2.12 bits per heavy atom. The fourth-order valence-corrected chi connectivity index (χ4v) is 4.32. The van der Waals surface area contributed by atoms with Crippen molar-refractivity contribution in [1.29, 1.82) is 0 Å². The van der Waals surface area contributed by atoms with Crippen LogP contribution in [-0.2, 0) is 14.6 Å². The Hall–Kier alpha value is -0.170. The molecule has 0 aromatic heterocycles. The first-order valence-electron chi connectivity index (χ1n) is 6.05. The van der Waals surface area contributed by atoms with Crippen molar-refractivity contribution in [1.82, 2.24) is 4.90 Å². The predicted molar refractivity (Wildman–Crippen MR) is 68.8 cm³/mol. The average Bonchev–Trinajstić information content (AvgIpc) is 2.55. The van der Waals surface area contributed by atoms with Crippen LogP contribution in [0.1, 0.15) is 20.3 Å². The van der Waals surface area contributed by atoms with Crippen LogP contribution in [0, 0.1) is 0 Å². The van der Waals surface area contributed by atoms with Gasteiger partial charge in [0, 0.05) is 18.6 Å². The zero-order valence-corrected chi connectivity index (χ0v) is 11.8. The molecule has 1 saturated heterocycles. The molecule has 0 radical (unpaired) electrons. The van der Waals surface area contributed by atoms with E-state index in [4.69, 9.17) is 10.5 Å². The lowest BCUT2D eigenvalue weighted by molar-refractivity contribution is 0.0411. The van der Waals surface area contributed by atoms with Crippen molar-refractivity contribution in [3.05, 3.63) is 0 Å². The number of ether oxygens (including phenoxy) is 1. The third kappa shape index (κ3) is 3.91. The van der Waals surface area contributed by atoms with Gasteiger partial charge in [-0.15, -0.1) is 0 Å². The Morgan fingerprint density at radius 3 is 2.53 bits per heavy atom. The van der Waals surface area contributed by atoms with Crippen molar-refractivity contribution >= 4 is 9.84 Å². The minimum Gasteiger partial charge on any atom is -0.377 e. The smallest absolute Gasteiger partial charge is 0.152 e. The molecule has 0 aromatic rings. The number of rotatable bonds is 6. The molecular formula is C11H24N2O3S. The molecular weight excluding hydrogens is 240 g/mol. The van der Waals surface area contributed by atoms with Crippen molar-refractivity contribution in [2.45, 2.75) is 31.9 Å². The van der Waals surface area contributed by atoms with E-state index < -0.39 is 9.84 Å². The maximum Gasteiger partial charge on any atom is 0.152 e. The molecule has 0 spiro atoms. The van der Waals surface area contributed by atoms with Crippen LogP contribution < -0.4 is 5.73 Å². The van der Waals surface area contributed by atoms with E-state index in [1.54, 1.807) is 0 Å². The lowest BCUT2D eigenvalue weighted by Gasteiger charge is -2.36. The summed E-state index contributed by atoms with van der Waals surface area (Å²) in [5.41, 5.74) is 5.39. The summed E-state index contributed by atoms with van der Waals surface area (Å²) in [4.78, 5) is 2.04. The maximum absolute atomic E-state index is 11.6. The van der Waals surface area contributed by atoms with Gasteiger partial charge in [0.2, 0.25) is 0 Å².